The third-order valence-corrected chi connectivity index (χ3v) is 4.90. The van der Waals surface area contributed by atoms with Gasteiger partial charge in [0.25, 0.3) is 5.91 Å². The molecule has 8 nitrogen and oxygen atoms in total. The lowest BCUT2D eigenvalue weighted by Gasteiger charge is -2.32. The second kappa shape index (κ2) is 7.87. The summed E-state index contributed by atoms with van der Waals surface area (Å²) in [5.74, 6) is -0.444. The van der Waals surface area contributed by atoms with E-state index >= 15 is 0 Å². The maximum atomic E-state index is 12.4. The van der Waals surface area contributed by atoms with E-state index in [2.05, 4.69) is 36.9 Å². The Morgan fingerprint density at radius 3 is 2.93 bits per heavy atom. The van der Waals surface area contributed by atoms with Gasteiger partial charge in [-0.1, -0.05) is 18.7 Å². The molecule has 0 aliphatic carbocycles. The summed E-state index contributed by atoms with van der Waals surface area (Å²) in [5, 5.41) is 3.59. The number of carbonyl (C=O) groups excluding carboxylic acids is 1. The molecule has 1 unspecified atom stereocenters. The first-order valence-corrected chi connectivity index (χ1v) is 9.08. The lowest BCUT2D eigenvalue weighted by atomic mass is 9.91. The summed E-state index contributed by atoms with van der Waals surface area (Å²) in [6.07, 6.45) is 4.79. The van der Waals surface area contributed by atoms with Gasteiger partial charge in [-0.2, -0.15) is 0 Å². The largest absolute Gasteiger partial charge is 0.445 e. The van der Waals surface area contributed by atoms with E-state index in [9.17, 15) is 9.18 Å². The molecule has 0 bridgehead atoms. The van der Waals surface area contributed by atoms with E-state index in [1.54, 1.807) is 18.3 Å². The van der Waals surface area contributed by atoms with Gasteiger partial charge in [0.2, 0.25) is 12.7 Å². The molecule has 2 atom stereocenters. The highest BCUT2D eigenvalue weighted by Crippen LogP contribution is 2.38. The molecule has 2 aromatic heterocycles. The molecule has 3 heterocycles. The van der Waals surface area contributed by atoms with Gasteiger partial charge in [0.1, 0.15) is 11.2 Å². The number of amidine groups is 1. The number of hydrogen-bond acceptors (Lipinski definition) is 8. The lowest BCUT2D eigenvalue weighted by molar-refractivity contribution is 0.102. The standard InChI is InChI=1S/C17H19FN6O2S/c1-10-6-17(2,24-16(19)27-10)13-5-11(3-4-20-13)23-15(25)12-7-22-14(8-21-12)26-9-18/h3-5,7-8,10H,6,9H2,1-2H3,(H2,19,24)(H,20,23,25)/t10?,17-/m0/s1. The fraction of sp³-hybridized carbons (Fsp3) is 0.353. The fourth-order valence-corrected chi connectivity index (χ4v) is 3.92. The quantitative estimate of drug-likeness (QED) is 0.806. The predicted molar refractivity (Wildman–Crippen MR) is 101 cm³/mol. The van der Waals surface area contributed by atoms with E-state index in [-0.39, 0.29) is 11.6 Å². The van der Waals surface area contributed by atoms with Gasteiger partial charge >= 0.3 is 0 Å². The van der Waals surface area contributed by atoms with Crippen molar-refractivity contribution in [3.05, 3.63) is 42.1 Å². The molecule has 1 aliphatic heterocycles. The third-order valence-electron chi connectivity index (χ3n) is 4.00. The van der Waals surface area contributed by atoms with Crippen molar-refractivity contribution in [2.24, 2.45) is 10.7 Å². The van der Waals surface area contributed by atoms with E-state index in [0.717, 1.165) is 6.42 Å². The van der Waals surface area contributed by atoms with Crippen molar-refractivity contribution in [2.45, 2.75) is 31.1 Å². The second-order valence-electron chi connectivity index (χ2n) is 6.23. The first kappa shape index (κ1) is 19.0. The Kier molecular flexibility index (Phi) is 5.54. The monoisotopic (exact) mass is 390 g/mol. The average molecular weight is 390 g/mol. The average Bonchev–Trinajstić information content (AvgIpc) is 2.62. The maximum Gasteiger partial charge on any atom is 0.275 e. The number of halogens is 1. The Morgan fingerprint density at radius 1 is 1.44 bits per heavy atom. The first-order valence-electron chi connectivity index (χ1n) is 8.20. The smallest absolute Gasteiger partial charge is 0.275 e. The van der Waals surface area contributed by atoms with Crippen LogP contribution < -0.4 is 15.8 Å². The number of amides is 1. The molecule has 0 saturated heterocycles. The van der Waals surface area contributed by atoms with Crippen molar-refractivity contribution in [2.75, 3.05) is 12.2 Å². The summed E-state index contributed by atoms with van der Waals surface area (Å²) >= 11 is 1.54. The molecule has 3 N–H and O–H groups in total. The molecule has 0 saturated carbocycles. The number of hydrogen-bond donors (Lipinski definition) is 2. The van der Waals surface area contributed by atoms with E-state index in [0.29, 0.717) is 21.8 Å². The SMILES string of the molecule is CC1C[C@@](C)(c2cc(NC(=O)c3cnc(OCF)cn3)ccn2)N=C(N)S1. The number of pyridine rings is 1. The van der Waals surface area contributed by atoms with Crippen LogP contribution in [-0.2, 0) is 5.54 Å². The Labute approximate surface area is 159 Å². The predicted octanol–water partition coefficient (Wildman–Crippen LogP) is 2.48. The fourth-order valence-electron chi connectivity index (χ4n) is 2.85. The highest BCUT2D eigenvalue weighted by Gasteiger charge is 2.34. The summed E-state index contributed by atoms with van der Waals surface area (Å²) in [6.45, 7) is 3.05. The highest BCUT2D eigenvalue weighted by atomic mass is 32.2. The van der Waals surface area contributed by atoms with Gasteiger partial charge in [-0.25, -0.2) is 19.4 Å². The van der Waals surface area contributed by atoms with Crippen LogP contribution in [0.25, 0.3) is 0 Å². The molecule has 27 heavy (non-hydrogen) atoms. The van der Waals surface area contributed by atoms with E-state index < -0.39 is 18.3 Å². The van der Waals surface area contributed by atoms with Gasteiger partial charge in [0, 0.05) is 17.1 Å². The molecule has 0 spiro atoms. The molecule has 142 valence electrons. The van der Waals surface area contributed by atoms with Gasteiger partial charge in [0.15, 0.2) is 5.17 Å². The number of nitrogens with zero attached hydrogens (tertiary/aromatic N) is 4. The zero-order valence-electron chi connectivity index (χ0n) is 14.8. The Morgan fingerprint density at radius 2 is 2.26 bits per heavy atom. The minimum atomic E-state index is -1.01. The van der Waals surface area contributed by atoms with Gasteiger partial charge in [-0.15, -0.1) is 0 Å². The lowest BCUT2D eigenvalue weighted by Crippen LogP contribution is -2.33. The van der Waals surface area contributed by atoms with Crippen LogP contribution in [0.4, 0.5) is 10.1 Å². The van der Waals surface area contributed by atoms with Crippen molar-refractivity contribution < 1.29 is 13.9 Å². The molecular formula is C17H19FN6O2S. The minimum Gasteiger partial charge on any atom is -0.445 e. The number of nitrogens with two attached hydrogens (primary N) is 1. The summed E-state index contributed by atoms with van der Waals surface area (Å²) in [4.78, 5) is 29.1. The van der Waals surface area contributed by atoms with Crippen LogP contribution in [0.5, 0.6) is 5.88 Å². The minimum absolute atomic E-state index is 0.00732. The number of carbonyl (C=O) groups is 1. The van der Waals surface area contributed by atoms with Crippen molar-refractivity contribution in [1.29, 1.82) is 0 Å². The Hall–Kier alpha value is -2.75. The maximum absolute atomic E-state index is 12.4. The summed E-state index contributed by atoms with van der Waals surface area (Å²) in [6, 6.07) is 3.44. The molecule has 10 heteroatoms. The number of aromatic nitrogens is 3. The number of aliphatic imine (C=N–C) groups is 1. The number of rotatable bonds is 5. The number of nitrogens with one attached hydrogen (secondary N) is 1. The molecule has 1 amide bonds. The highest BCUT2D eigenvalue weighted by molar-refractivity contribution is 8.14. The number of thioether (sulfide) groups is 1. The molecular weight excluding hydrogens is 371 g/mol. The molecule has 1 aliphatic rings. The van der Waals surface area contributed by atoms with Crippen LogP contribution in [0.1, 0.15) is 36.5 Å². The normalized spacial score (nSPS) is 22.0. The van der Waals surface area contributed by atoms with E-state index in [1.807, 2.05) is 6.92 Å². The Balaban J connectivity index is 1.77. The second-order valence-corrected chi connectivity index (χ2v) is 7.69. The molecule has 3 rings (SSSR count). The molecule has 0 radical (unpaired) electrons. The summed E-state index contributed by atoms with van der Waals surface area (Å²) < 4.78 is 16.7. The molecule has 2 aromatic rings. The molecule has 0 fully saturated rings. The number of ether oxygens (including phenoxy) is 1. The van der Waals surface area contributed by atoms with E-state index in [1.165, 1.54) is 24.2 Å². The van der Waals surface area contributed by atoms with Crippen molar-refractivity contribution in [1.82, 2.24) is 15.0 Å². The van der Waals surface area contributed by atoms with Crippen molar-refractivity contribution in [3.63, 3.8) is 0 Å². The van der Waals surface area contributed by atoms with Gasteiger partial charge in [-0.3, -0.25) is 9.78 Å². The topological polar surface area (TPSA) is 115 Å². The van der Waals surface area contributed by atoms with Crippen molar-refractivity contribution in [3.8, 4) is 5.88 Å². The Bertz CT molecular complexity index is 863. The zero-order chi connectivity index (χ0) is 19.4. The van der Waals surface area contributed by atoms with Gasteiger partial charge in [0.05, 0.1) is 18.1 Å². The first-order chi connectivity index (χ1) is 12.9. The number of alkyl halides is 1. The summed E-state index contributed by atoms with van der Waals surface area (Å²) in [5.41, 5.74) is 6.73. The third kappa shape index (κ3) is 4.51. The van der Waals surface area contributed by atoms with Gasteiger partial charge < -0.3 is 15.8 Å². The summed E-state index contributed by atoms with van der Waals surface area (Å²) in [7, 11) is 0. The van der Waals surface area contributed by atoms with Crippen LogP contribution in [0.3, 0.4) is 0 Å². The van der Waals surface area contributed by atoms with Crippen LogP contribution in [0, 0.1) is 0 Å². The number of anilines is 1. The zero-order valence-corrected chi connectivity index (χ0v) is 15.7. The van der Waals surface area contributed by atoms with Crippen LogP contribution in [0.15, 0.2) is 35.7 Å². The van der Waals surface area contributed by atoms with Gasteiger partial charge in [-0.05, 0) is 25.5 Å². The van der Waals surface area contributed by atoms with Crippen LogP contribution in [0.2, 0.25) is 0 Å². The van der Waals surface area contributed by atoms with Crippen molar-refractivity contribution >= 4 is 28.5 Å². The molecule has 0 aromatic carbocycles. The van der Waals surface area contributed by atoms with Crippen LogP contribution >= 0.6 is 11.8 Å². The van der Waals surface area contributed by atoms with E-state index in [4.69, 9.17) is 5.73 Å². The van der Waals surface area contributed by atoms with Crippen LogP contribution in [-0.4, -0.2) is 38.1 Å².